The topological polar surface area (TPSA) is 88.1 Å². The van der Waals surface area contributed by atoms with Gasteiger partial charge in [-0.15, -0.1) is 0 Å². The van der Waals surface area contributed by atoms with Gasteiger partial charge in [-0.1, -0.05) is 23.7 Å². The van der Waals surface area contributed by atoms with Crippen molar-refractivity contribution in [2.75, 3.05) is 56.1 Å². The summed E-state index contributed by atoms with van der Waals surface area (Å²) < 4.78 is 41.5. The van der Waals surface area contributed by atoms with Crippen LogP contribution in [0.25, 0.3) is 0 Å². The highest BCUT2D eigenvalue weighted by Crippen LogP contribution is 2.52. The fourth-order valence-electron chi connectivity index (χ4n) is 6.04. The minimum absolute atomic E-state index is 0.0971. The molecular weight excluding hydrogens is 562 g/mol. The molecule has 1 unspecified atom stereocenters. The number of nitrogens with zero attached hydrogens (tertiary/aromatic N) is 5. The number of halogens is 1. The van der Waals surface area contributed by atoms with E-state index < -0.39 is 15.6 Å². The van der Waals surface area contributed by atoms with Crippen molar-refractivity contribution in [1.82, 2.24) is 14.9 Å². The Labute approximate surface area is 245 Å². The van der Waals surface area contributed by atoms with Gasteiger partial charge in [-0.25, -0.2) is 13.4 Å². The van der Waals surface area contributed by atoms with Crippen molar-refractivity contribution in [1.29, 1.82) is 0 Å². The highest BCUT2D eigenvalue weighted by Gasteiger charge is 2.54. The first-order valence-corrected chi connectivity index (χ1v) is 15.1. The molecule has 0 spiro atoms. The molecule has 9 nitrogen and oxygen atoms in total. The van der Waals surface area contributed by atoms with E-state index in [1.807, 2.05) is 30.3 Å². The molecule has 11 heteroatoms. The summed E-state index contributed by atoms with van der Waals surface area (Å²) in [6, 6.07) is 19.9. The molecule has 0 amide bonds. The van der Waals surface area contributed by atoms with Gasteiger partial charge < -0.3 is 14.4 Å². The minimum Gasteiger partial charge on any atom is -0.495 e. The predicted octanol–water partition coefficient (Wildman–Crippen LogP) is 4.42. The molecular formula is C30H30ClN5O4S. The number of piperazine rings is 1. The summed E-state index contributed by atoms with van der Waals surface area (Å²) in [7, 11) is -0.986. The van der Waals surface area contributed by atoms with Crippen molar-refractivity contribution < 1.29 is 17.9 Å². The van der Waals surface area contributed by atoms with Gasteiger partial charge in [0.05, 0.1) is 32.0 Å². The summed E-state index contributed by atoms with van der Waals surface area (Å²) >= 11 is 6.61. The van der Waals surface area contributed by atoms with E-state index in [0.717, 1.165) is 29.9 Å². The van der Waals surface area contributed by atoms with E-state index in [0.29, 0.717) is 29.7 Å². The van der Waals surface area contributed by atoms with Gasteiger partial charge >= 0.3 is 0 Å². The molecule has 6 rings (SSSR count). The van der Waals surface area contributed by atoms with Crippen LogP contribution >= 0.6 is 11.6 Å². The fraction of sp³-hybridized carbons (Fsp3) is 0.267. The Kier molecular flexibility index (Phi) is 7.23. The van der Waals surface area contributed by atoms with Crippen molar-refractivity contribution >= 4 is 33.0 Å². The summed E-state index contributed by atoms with van der Waals surface area (Å²) in [5.41, 5.74) is 2.30. The first kappa shape index (κ1) is 27.3. The first-order valence-electron chi connectivity index (χ1n) is 13.3. The van der Waals surface area contributed by atoms with Gasteiger partial charge in [-0.05, 0) is 54.6 Å². The maximum absolute atomic E-state index is 14.4. The monoisotopic (exact) mass is 591 g/mol. The molecule has 2 aliphatic heterocycles. The average Bonchev–Trinajstić information content (AvgIpc) is 3.37. The number of hydrogen-bond acceptors (Lipinski definition) is 8. The Morgan fingerprint density at radius 2 is 1.61 bits per heavy atom. The van der Waals surface area contributed by atoms with Crippen LogP contribution in [0.2, 0.25) is 5.02 Å². The Morgan fingerprint density at radius 1 is 0.854 bits per heavy atom. The number of para-hydroxylation sites is 1. The number of rotatable bonds is 7. The number of fused-ring (bicyclic) bond motifs is 1. The third-order valence-corrected chi connectivity index (χ3v) is 9.97. The lowest BCUT2D eigenvalue weighted by Gasteiger charge is -2.47. The number of aromatic nitrogens is 2. The second-order valence-corrected chi connectivity index (χ2v) is 12.2. The molecule has 1 saturated heterocycles. The molecule has 1 fully saturated rings. The maximum atomic E-state index is 14.4. The SMILES string of the molecule is COc1ccccc1S(=O)(=O)N1CC(c2cccnc2OC)(N2CCN(c3ccncc3)CC2)c2cc(Cl)ccc21. The van der Waals surface area contributed by atoms with Gasteiger partial charge in [0, 0.05) is 66.6 Å². The van der Waals surface area contributed by atoms with E-state index in [9.17, 15) is 8.42 Å². The van der Waals surface area contributed by atoms with E-state index >= 15 is 0 Å². The smallest absolute Gasteiger partial charge is 0.268 e. The van der Waals surface area contributed by atoms with E-state index in [1.165, 1.54) is 11.4 Å². The van der Waals surface area contributed by atoms with Crippen LogP contribution in [-0.4, -0.2) is 70.2 Å². The summed E-state index contributed by atoms with van der Waals surface area (Å²) in [6.07, 6.45) is 5.26. The second-order valence-electron chi connectivity index (χ2n) is 9.92. The number of hydrogen-bond donors (Lipinski definition) is 0. The molecule has 0 saturated carbocycles. The molecule has 0 bridgehead atoms. The summed E-state index contributed by atoms with van der Waals surface area (Å²) in [5, 5.41) is 0.517. The van der Waals surface area contributed by atoms with Crippen LogP contribution in [0.3, 0.4) is 0 Å². The Hall–Kier alpha value is -3.86. The van der Waals surface area contributed by atoms with Crippen LogP contribution in [0.5, 0.6) is 11.6 Å². The van der Waals surface area contributed by atoms with Crippen molar-refractivity contribution in [2.24, 2.45) is 0 Å². The molecule has 41 heavy (non-hydrogen) atoms. The van der Waals surface area contributed by atoms with E-state index in [4.69, 9.17) is 21.1 Å². The molecule has 2 aliphatic rings. The summed E-state index contributed by atoms with van der Waals surface area (Å²) in [5.74, 6) is 0.719. The molecule has 0 radical (unpaired) electrons. The number of anilines is 2. The number of benzene rings is 2. The largest absolute Gasteiger partial charge is 0.495 e. The van der Waals surface area contributed by atoms with Crippen LogP contribution in [0, 0.1) is 0 Å². The third kappa shape index (κ3) is 4.56. The van der Waals surface area contributed by atoms with Crippen LogP contribution in [0.1, 0.15) is 11.1 Å². The molecule has 2 aromatic heterocycles. The zero-order valence-corrected chi connectivity index (χ0v) is 24.3. The summed E-state index contributed by atoms with van der Waals surface area (Å²) in [4.78, 5) is 13.4. The van der Waals surface area contributed by atoms with Crippen molar-refractivity contribution in [3.8, 4) is 11.6 Å². The predicted molar refractivity (Wildman–Crippen MR) is 159 cm³/mol. The summed E-state index contributed by atoms with van der Waals surface area (Å²) in [6.45, 7) is 2.91. The van der Waals surface area contributed by atoms with Gasteiger partial charge in [0.25, 0.3) is 10.0 Å². The molecule has 0 aliphatic carbocycles. The third-order valence-electron chi connectivity index (χ3n) is 7.94. The Bertz CT molecular complexity index is 1660. The van der Waals surface area contributed by atoms with Crippen LogP contribution in [0.15, 0.2) is 90.2 Å². The van der Waals surface area contributed by atoms with Gasteiger partial charge in [-0.3, -0.25) is 14.2 Å². The molecule has 2 aromatic carbocycles. The lowest BCUT2D eigenvalue weighted by Crippen LogP contribution is -2.58. The number of ether oxygens (including phenoxy) is 2. The fourth-order valence-corrected chi connectivity index (χ4v) is 7.88. The van der Waals surface area contributed by atoms with Crippen LogP contribution < -0.4 is 18.7 Å². The van der Waals surface area contributed by atoms with E-state index in [-0.39, 0.29) is 17.2 Å². The first-order chi connectivity index (χ1) is 19.9. The zero-order valence-electron chi connectivity index (χ0n) is 22.8. The van der Waals surface area contributed by atoms with Gasteiger partial charge in [0.1, 0.15) is 10.6 Å². The maximum Gasteiger partial charge on any atom is 0.268 e. The van der Waals surface area contributed by atoms with Crippen molar-refractivity contribution in [3.63, 3.8) is 0 Å². The normalized spacial score (nSPS) is 19.2. The average molecular weight is 592 g/mol. The van der Waals surface area contributed by atoms with Crippen LogP contribution in [0.4, 0.5) is 11.4 Å². The number of pyridine rings is 2. The lowest BCUT2D eigenvalue weighted by atomic mass is 9.82. The number of sulfonamides is 1. The minimum atomic E-state index is -4.04. The van der Waals surface area contributed by atoms with Crippen molar-refractivity contribution in [2.45, 2.75) is 10.4 Å². The molecule has 0 N–H and O–H groups in total. The highest BCUT2D eigenvalue weighted by molar-refractivity contribution is 7.93. The van der Waals surface area contributed by atoms with Gasteiger partial charge in [0.2, 0.25) is 5.88 Å². The molecule has 212 valence electrons. The van der Waals surface area contributed by atoms with Gasteiger partial charge in [0.15, 0.2) is 0 Å². The van der Waals surface area contributed by atoms with Crippen molar-refractivity contribution in [3.05, 3.63) is 101 Å². The highest BCUT2D eigenvalue weighted by atomic mass is 35.5. The second kappa shape index (κ2) is 10.8. The Balaban J connectivity index is 1.51. The van der Waals surface area contributed by atoms with E-state index in [2.05, 4.69) is 19.8 Å². The molecule has 4 heterocycles. The lowest BCUT2D eigenvalue weighted by molar-refractivity contribution is 0.124. The molecule has 1 atom stereocenters. The van der Waals surface area contributed by atoms with Crippen LogP contribution in [-0.2, 0) is 15.6 Å². The molecule has 4 aromatic rings. The Morgan fingerprint density at radius 3 is 2.34 bits per heavy atom. The zero-order chi connectivity index (χ0) is 28.6. The quantitative estimate of drug-likeness (QED) is 0.312. The van der Waals surface area contributed by atoms with E-state index in [1.54, 1.807) is 62.1 Å². The van der Waals surface area contributed by atoms with Gasteiger partial charge in [-0.2, -0.15) is 0 Å². The standard InChI is InChI=1S/C30H30ClN5O4S/c1-39-27-7-3-4-8-28(27)41(37,38)36-21-30(24-6-5-13-33-29(24)40-2,25-20-22(31)9-10-26(25)36)35-18-16-34(17-19-35)23-11-14-32-15-12-23/h3-15,20H,16-19,21H2,1-2H3. The number of methoxy groups -OCH3 is 2.